The second-order valence-corrected chi connectivity index (χ2v) is 6.50. The highest BCUT2D eigenvalue weighted by Gasteiger charge is 2.23. The molecule has 1 aromatic carbocycles. The lowest BCUT2D eigenvalue weighted by Crippen LogP contribution is -2.41. The molecule has 7 heteroatoms. The fourth-order valence-electron chi connectivity index (χ4n) is 2.96. The number of nitro benzene ring substituents is 1. The first kappa shape index (κ1) is 18.9. The second-order valence-electron chi connectivity index (χ2n) is 6.50. The number of nitro groups is 1. The molecule has 1 fully saturated rings. The van der Waals surface area contributed by atoms with E-state index in [0.717, 1.165) is 25.7 Å². The first-order valence-electron chi connectivity index (χ1n) is 8.65. The van der Waals surface area contributed by atoms with Crippen LogP contribution in [0.5, 0.6) is 0 Å². The standard InChI is InChI=1S/C18H24N2O5/c1-12-9-10-14(11-16(12)20(23)24)18(22)25-13(2)17(21)19-15-7-5-3-4-6-8-15/h9-11,13,15H,3-8H2,1-2H3,(H,19,21)/t13-/m0/s1. The van der Waals surface area contributed by atoms with Crippen LogP contribution >= 0.6 is 0 Å². The third kappa shape index (κ3) is 5.27. The van der Waals surface area contributed by atoms with Crippen LogP contribution in [0.1, 0.15) is 61.4 Å². The molecule has 1 saturated carbocycles. The predicted octanol–water partition coefficient (Wildman–Crippen LogP) is 3.29. The molecule has 136 valence electrons. The zero-order chi connectivity index (χ0) is 18.4. The van der Waals surface area contributed by atoms with Crippen molar-refractivity contribution < 1.29 is 19.2 Å². The number of rotatable bonds is 5. The van der Waals surface area contributed by atoms with Crippen LogP contribution in [-0.4, -0.2) is 28.9 Å². The van der Waals surface area contributed by atoms with Crippen LogP contribution < -0.4 is 5.32 Å². The molecule has 0 aromatic heterocycles. The lowest BCUT2D eigenvalue weighted by molar-refractivity contribution is -0.385. The zero-order valence-corrected chi connectivity index (χ0v) is 14.6. The number of carbonyl (C=O) groups excluding carboxylic acids is 2. The first-order valence-corrected chi connectivity index (χ1v) is 8.65. The molecule has 0 unspecified atom stereocenters. The Morgan fingerprint density at radius 3 is 2.48 bits per heavy atom. The van der Waals surface area contributed by atoms with Crippen LogP contribution in [0.4, 0.5) is 5.69 Å². The molecule has 1 atom stereocenters. The van der Waals surface area contributed by atoms with Crippen molar-refractivity contribution in [3.05, 3.63) is 39.4 Å². The molecule has 1 aliphatic rings. The highest BCUT2D eigenvalue weighted by molar-refractivity contribution is 5.93. The van der Waals surface area contributed by atoms with Crippen LogP contribution in [0.2, 0.25) is 0 Å². The Morgan fingerprint density at radius 2 is 1.88 bits per heavy atom. The number of hydrogen-bond acceptors (Lipinski definition) is 5. The summed E-state index contributed by atoms with van der Waals surface area (Å²) < 4.78 is 5.17. The van der Waals surface area contributed by atoms with Gasteiger partial charge in [-0.25, -0.2) is 4.79 Å². The molecule has 0 saturated heterocycles. The van der Waals surface area contributed by atoms with E-state index in [1.54, 1.807) is 6.92 Å². The number of benzene rings is 1. The van der Waals surface area contributed by atoms with E-state index in [9.17, 15) is 19.7 Å². The third-order valence-electron chi connectivity index (χ3n) is 4.50. The van der Waals surface area contributed by atoms with Gasteiger partial charge >= 0.3 is 5.97 Å². The van der Waals surface area contributed by atoms with E-state index in [0.29, 0.717) is 5.56 Å². The molecule has 25 heavy (non-hydrogen) atoms. The van der Waals surface area contributed by atoms with Crippen molar-refractivity contribution in [2.45, 2.75) is 64.5 Å². The fourth-order valence-corrected chi connectivity index (χ4v) is 2.96. The van der Waals surface area contributed by atoms with E-state index in [2.05, 4.69) is 5.32 Å². The van der Waals surface area contributed by atoms with Gasteiger partial charge in [0.25, 0.3) is 11.6 Å². The van der Waals surface area contributed by atoms with E-state index in [4.69, 9.17) is 4.74 Å². The molecule has 0 heterocycles. The number of amides is 1. The van der Waals surface area contributed by atoms with E-state index < -0.39 is 17.0 Å². The van der Waals surface area contributed by atoms with Crippen molar-refractivity contribution in [2.75, 3.05) is 0 Å². The molecule has 0 bridgehead atoms. The molecule has 2 rings (SSSR count). The molecule has 1 aliphatic carbocycles. The number of nitrogens with one attached hydrogen (secondary N) is 1. The van der Waals surface area contributed by atoms with Crippen LogP contribution in [-0.2, 0) is 9.53 Å². The highest BCUT2D eigenvalue weighted by atomic mass is 16.6. The van der Waals surface area contributed by atoms with Crippen molar-refractivity contribution >= 4 is 17.6 Å². The van der Waals surface area contributed by atoms with Crippen molar-refractivity contribution in [1.82, 2.24) is 5.32 Å². The van der Waals surface area contributed by atoms with Crippen LogP contribution in [0.15, 0.2) is 18.2 Å². The van der Waals surface area contributed by atoms with Gasteiger partial charge in [0.1, 0.15) is 0 Å². The maximum atomic E-state index is 12.2. The highest BCUT2D eigenvalue weighted by Crippen LogP contribution is 2.20. The molecule has 1 aromatic rings. The second kappa shape index (κ2) is 8.60. The van der Waals surface area contributed by atoms with Gasteiger partial charge in [0.2, 0.25) is 0 Å². The molecular formula is C18H24N2O5. The number of nitrogens with zero attached hydrogens (tertiary/aromatic N) is 1. The summed E-state index contributed by atoms with van der Waals surface area (Å²) in [5.74, 6) is -1.08. The minimum absolute atomic E-state index is 0.0615. The zero-order valence-electron chi connectivity index (χ0n) is 14.6. The molecule has 1 N–H and O–H groups in total. The van der Waals surface area contributed by atoms with Crippen molar-refractivity contribution in [3.8, 4) is 0 Å². The number of aryl methyl sites for hydroxylation is 1. The number of esters is 1. The summed E-state index contributed by atoms with van der Waals surface area (Å²) in [6.07, 6.45) is 5.48. The number of ether oxygens (including phenoxy) is 1. The Labute approximate surface area is 146 Å². The number of hydrogen-bond donors (Lipinski definition) is 1. The Bertz CT molecular complexity index is 651. The van der Waals surface area contributed by atoms with E-state index in [1.807, 2.05) is 0 Å². The minimum Gasteiger partial charge on any atom is -0.449 e. The van der Waals surface area contributed by atoms with Gasteiger partial charge in [-0.15, -0.1) is 0 Å². The Kier molecular flexibility index (Phi) is 6.50. The molecule has 7 nitrogen and oxygen atoms in total. The maximum Gasteiger partial charge on any atom is 0.339 e. The topological polar surface area (TPSA) is 98.5 Å². The molecule has 0 aliphatic heterocycles. The lowest BCUT2D eigenvalue weighted by Gasteiger charge is -2.19. The molecule has 0 spiro atoms. The maximum absolute atomic E-state index is 12.2. The summed E-state index contributed by atoms with van der Waals surface area (Å²) in [6.45, 7) is 3.10. The average molecular weight is 348 g/mol. The Balaban J connectivity index is 1.96. The summed E-state index contributed by atoms with van der Waals surface area (Å²) in [6, 6.07) is 4.25. The van der Waals surface area contributed by atoms with Gasteiger partial charge in [-0.3, -0.25) is 14.9 Å². The average Bonchev–Trinajstić information content (AvgIpc) is 2.83. The Morgan fingerprint density at radius 1 is 1.24 bits per heavy atom. The summed E-state index contributed by atoms with van der Waals surface area (Å²) in [5.41, 5.74) is 0.372. The molecule has 1 amide bonds. The van der Waals surface area contributed by atoms with Crippen LogP contribution in [0.3, 0.4) is 0 Å². The minimum atomic E-state index is -0.948. The molecule has 0 radical (unpaired) electrons. The van der Waals surface area contributed by atoms with E-state index in [1.165, 1.54) is 38.0 Å². The van der Waals surface area contributed by atoms with Crippen molar-refractivity contribution in [1.29, 1.82) is 0 Å². The summed E-state index contributed by atoms with van der Waals surface area (Å²) in [7, 11) is 0. The van der Waals surface area contributed by atoms with Gasteiger partial charge < -0.3 is 10.1 Å². The van der Waals surface area contributed by atoms with Gasteiger partial charge in [0.05, 0.1) is 10.5 Å². The van der Waals surface area contributed by atoms with Crippen molar-refractivity contribution in [3.63, 3.8) is 0 Å². The Hall–Kier alpha value is -2.44. The van der Waals surface area contributed by atoms with Gasteiger partial charge in [0.15, 0.2) is 6.10 Å². The van der Waals surface area contributed by atoms with E-state index >= 15 is 0 Å². The normalized spacial score (nSPS) is 16.6. The summed E-state index contributed by atoms with van der Waals surface area (Å²) in [5, 5.41) is 13.9. The quantitative estimate of drug-likeness (QED) is 0.381. The third-order valence-corrected chi connectivity index (χ3v) is 4.50. The first-order chi connectivity index (χ1) is 11.9. The lowest BCUT2D eigenvalue weighted by atomic mass is 10.1. The van der Waals surface area contributed by atoms with Gasteiger partial charge in [-0.1, -0.05) is 31.7 Å². The van der Waals surface area contributed by atoms with Gasteiger partial charge in [0, 0.05) is 17.7 Å². The van der Waals surface area contributed by atoms with Gasteiger partial charge in [-0.2, -0.15) is 0 Å². The largest absolute Gasteiger partial charge is 0.449 e. The van der Waals surface area contributed by atoms with E-state index in [-0.39, 0.29) is 23.2 Å². The SMILES string of the molecule is Cc1ccc(C(=O)O[C@@H](C)C(=O)NC2CCCCCC2)cc1[N+](=O)[O-]. The van der Waals surface area contributed by atoms with Gasteiger partial charge in [-0.05, 0) is 32.8 Å². The predicted molar refractivity (Wildman–Crippen MR) is 92.3 cm³/mol. The fraction of sp³-hybridized carbons (Fsp3) is 0.556. The van der Waals surface area contributed by atoms with Crippen molar-refractivity contribution in [2.24, 2.45) is 0 Å². The summed E-state index contributed by atoms with van der Waals surface area (Å²) in [4.78, 5) is 34.8. The molecular weight excluding hydrogens is 324 g/mol. The van der Waals surface area contributed by atoms with Crippen LogP contribution in [0, 0.1) is 17.0 Å². The smallest absolute Gasteiger partial charge is 0.339 e. The monoisotopic (exact) mass is 348 g/mol. The summed E-state index contributed by atoms with van der Waals surface area (Å²) >= 11 is 0. The van der Waals surface area contributed by atoms with Crippen LogP contribution in [0.25, 0.3) is 0 Å². The number of carbonyl (C=O) groups is 2.